The Kier molecular flexibility index (Phi) is 4.18. The van der Waals surface area contributed by atoms with Crippen LogP contribution in [0.1, 0.15) is 17.3 Å². The molecule has 0 saturated carbocycles. The molecule has 2 N–H and O–H groups in total. The number of carbonyl (C=O) groups is 1. The van der Waals surface area contributed by atoms with E-state index >= 15 is 0 Å². The molecule has 2 rings (SSSR count). The number of nitrogens with zero attached hydrogens (tertiary/aromatic N) is 2. The van der Waals surface area contributed by atoms with Crippen molar-refractivity contribution >= 4 is 11.6 Å². The smallest absolute Gasteiger partial charge is 0.257 e. The molecule has 0 unspecified atom stereocenters. The molecule has 0 bridgehead atoms. The zero-order valence-corrected chi connectivity index (χ0v) is 12.6. The van der Waals surface area contributed by atoms with Crippen LogP contribution in [0.3, 0.4) is 0 Å². The maximum atomic E-state index is 12.4. The number of fused-ring (bicyclic) bond motifs is 1. The van der Waals surface area contributed by atoms with E-state index in [4.69, 9.17) is 10.5 Å². The van der Waals surface area contributed by atoms with Gasteiger partial charge < -0.3 is 20.3 Å². The van der Waals surface area contributed by atoms with Gasteiger partial charge in [-0.15, -0.1) is 0 Å². The molecule has 0 aromatic heterocycles. The predicted octanol–water partition coefficient (Wildman–Crippen LogP) is 1.30. The number of amides is 1. The van der Waals surface area contributed by atoms with Crippen LogP contribution in [-0.4, -0.2) is 56.0 Å². The predicted molar refractivity (Wildman–Crippen MR) is 79.9 cm³/mol. The van der Waals surface area contributed by atoms with Gasteiger partial charge in [0.1, 0.15) is 11.9 Å². The van der Waals surface area contributed by atoms with Gasteiger partial charge in [0.15, 0.2) is 0 Å². The zero-order chi connectivity index (χ0) is 14.9. The number of rotatable bonds is 2. The number of likely N-dealkylation sites (N-methyl/N-ethyl adjacent to an activating group) is 1. The van der Waals surface area contributed by atoms with Crippen molar-refractivity contribution in [2.75, 3.05) is 40.0 Å². The number of benzene rings is 1. The van der Waals surface area contributed by atoms with Crippen molar-refractivity contribution in [2.24, 2.45) is 5.92 Å². The van der Waals surface area contributed by atoms with E-state index in [2.05, 4.69) is 11.8 Å². The Bertz CT molecular complexity index is 502. The fraction of sp³-hybridized carbons (Fsp3) is 0.533. The average Bonchev–Trinajstić information content (AvgIpc) is 2.37. The summed E-state index contributed by atoms with van der Waals surface area (Å²) >= 11 is 0. The molecule has 0 saturated heterocycles. The van der Waals surface area contributed by atoms with Gasteiger partial charge in [-0.1, -0.05) is 6.92 Å². The van der Waals surface area contributed by atoms with Crippen molar-refractivity contribution in [1.29, 1.82) is 0 Å². The van der Waals surface area contributed by atoms with Crippen LogP contribution in [0.25, 0.3) is 0 Å². The summed E-state index contributed by atoms with van der Waals surface area (Å²) in [5.74, 6) is 0.842. The highest BCUT2D eigenvalue weighted by atomic mass is 16.5. The standard InChI is InChI=1S/C15H23N3O2/c1-10-8-18(4)15(19)12-7-11(16)5-6-13(12)20-14(10)9-17(2)3/h5-7,10,14H,8-9,16H2,1-4H3/t10-,14+/m0/s1. The molecular formula is C15H23N3O2. The highest BCUT2D eigenvalue weighted by Crippen LogP contribution is 2.28. The summed E-state index contributed by atoms with van der Waals surface area (Å²) < 4.78 is 6.09. The minimum atomic E-state index is -0.0394. The van der Waals surface area contributed by atoms with Gasteiger partial charge in [0.05, 0.1) is 5.56 Å². The maximum absolute atomic E-state index is 12.4. The Labute approximate surface area is 120 Å². The van der Waals surface area contributed by atoms with Crippen LogP contribution in [-0.2, 0) is 0 Å². The summed E-state index contributed by atoms with van der Waals surface area (Å²) in [5.41, 5.74) is 6.91. The van der Waals surface area contributed by atoms with Crippen LogP contribution in [0.5, 0.6) is 5.75 Å². The topological polar surface area (TPSA) is 58.8 Å². The molecule has 1 aliphatic rings. The molecule has 5 nitrogen and oxygen atoms in total. The third-order valence-electron chi connectivity index (χ3n) is 3.60. The first-order chi connectivity index (χ1) is 9.38. The summed E-state index contributed by atoms with van der Waals surface area (Å²) in [6.45, 7) is 3.60. The third-order valence-corrected chi connectivity index (χ3v) is 3.60. The summed E-state index contributed by atoms with van der Waals surface area (Å²) in [5, 5.41) is 0. The van der Waals surface area contributed by atoms with Crippen molar-refractivity contribution in [2.45, 2.75) is 13.0 Å². The molecule has 1 aromatic carbocycles. The number of hydrogen-bond donors (Lipinski definition) is 1. The second-order valence-electron chi connectivity index (χ2n) is 5.84. The van der Waals surface area contributed by atoms with Crippen molar-refractivity contribution in [3.63, 3.8) is 0 Å². The molecule has 20 heavy (non-hydrogen) atoms. The van der Waals surface area contributed by atoms with E-state index in [0.717, 1.165) is 6.54 Å². The highest BCUT2D eigenvalue weighted by Gasteiger charge is 2.29. The summed E-state index contributed by atoms with van der Waals surface area (Å²) in [6.07, 6.45) is 0.0444. The Morgan fingerprint density at radius 3 is 2.80 bits per heavy atom. The van der Waals surface area contributed by atoms with Gasteiger partial charge in [0.25, 0.3) is 5.91 Å². The van der Waals surface area contributed by atoms with Crippen LogP contribution in [0.2, 0.25) is 0 Å². The second kappa shape index (κ2) is 5.71. The molecule has 1 aliphatic heterocycles. The first-order valence-electron chi connectivity index (χ1n) is 6.85. The fourth-order valence-electron chi connectivity index (χ4n) is 2.51. The lowest BCUT2D eigenvalue weighted by molar-refractivity contribution is 0.0576. The number of hydrogen-bond acceptors (Lipinski definition) is 4. The molecular weight excluding hydrogens is 254 g/mol. The van der Waals surface area contributed by atoms with Gasteiger partial charge >= 0.3 is 0 Å². The van der Waals surface area contributed by atoms with Gasteiger partial charge in [0.2, 0.25) is 0 Å². The normalized spacial score (nSPS) is 23.1. The van der Waals surface area contributed by atoms with Gasteiger partial charge in [-0.05, 0) is 32.3 Å². The Morgan fingerprint density at radius 1 is 1.45 bits per heavy atom. The molecule has 1 amide bonds. The Hall–Kier alpha value is -1.75. The van der Waals surface area contributed by atoms with Gasteiger partial charge in [-0.3, -0.25) is 4.79 Å². The Morgan fingerprint density at radius 2 is 2.15 bits per heavy atom. The molecule has 0 spiro atoms. The Balaban J connectivity index is 2.39. The second-order valence-corrected chi connectivity index (χ2v) is 5.84. The fourth-order valence-corrected chi connectivity index (χ4v) is 2.51. The van der Waals surface area contributed by atoms with E-state index in [-0.39, 0.29) is 17.9 Å². The van der Waals surface area contributed by atoms with Crippen LogP contribution in [0.4, 0.5) is 5.69 Å². The molecule has 2 atom stereocenters. The van der Waals surface area contributed by atoms with E-state index in [1.807, 2.05) is 21.1 Å². The molecule has 1 heterocycles. The van der Waals surface area contributed by atoms with Crippen LogP contribution < -0.4 is 10.5 Å². The van der Waals surface area contributed by atoms with Crippen LogP contribution in [0.15, 0.2) is 18.2 Å². The highest BCUT2D eigenvalue weighted by molar-refractivity contribution is 5.97. The number of carbonyl (C=O) groups excluding carboxylic acids is 1. The molecule has 1 aromatic rings. The maximum Gasteiger partial charge on any atom is 0.257 e. The molecule has 0 fully saturated rings. The van der Waals surface area contributed by atoms with E-state index in [1.165, 1.54) is 0 Å². The third kappa shape index (κ3) is 3.04. The minimum absolute atomic E-state index is 0.0394. The van der Waals surface area contributed by atoms with Crippen LogP contribution in [0, 0.1) is 5.92 Å². The summed E-state index contributed by atoms with van der Waals surface area (Å²) in [7, 11) is 5.87. The lowest BCUT2D eigenvalue weighted by Gasteiger charge is -2.34. The van der Waals surface area contributed by atoms with E-state index in [0.29, 0.717) is 23.5 Å². The van der Waals surface area contributed by atoms with E-state index < -0.39 is 0 Å². The van der Waals surface area contributed by atoms with E-state index in [9.17, 15) is 4.79 Å². The molecule has 110 valence electrons. The quantitative estimate of drug-likeness (QED) is 0.828. The average molecular weight is 277 g/mol. The lowest BCUT2D eigenvalue weighted by Crippen LogP contribution is -2.44. The lowest BCUT2D eigenvalue weighted by atomic mass is 10.0. The number of nitrogens with two attached hydrogens (primary N) is 1. The number of nitrogen functional groups attached to an aromatic ring is 1. The summed E-state index contributed by atoms with van der Waals surface area (Å²) in [6, 6.07) is 5.25. The van der Waals surface area contributed by atoms with Gasteiger partial charge in [-0.25, -0.2) is 0 Å². The number of anilines is 1. The minimum Gasteiger partial charge on any atom is -0.488 e. The van der Waals surface area contributed by atoms with Crippen molar-refractivity contribution < 1.29 is 9.53 Å². The monoisotopic (exact) mass is 277 g/mol. The van der Waals surface area contributed by atoms with Gasteiger partial charge in [-0.2, -0.15) is 0 Å². The SMILES string of the molecule is C[C@H]1CN(C)C(=O)c2cc(N)ccc2O[C@@H]1CN(C)C. The largest absolute Gasteiger partial charge is 0.488 e. The van der Waals surface area contributed by atoms with Crippen LogP contribution >= 0.6 is 0 Å². The van der Waals surface area contributed by atoms with Gasteiger partial charge in [0, 0.05) is 31.7 Å². The molecule has 0 aliphatic carbocycles. The number of ether oxygens (including phenoxy) is 1. The van der Waals surface area contributed by atoms with E-state index in [1.54, 1.807) is 23.1 Å². The first kappa shape index (κ1) is 14.7. The van der Waals surface area contributed by atoms with Crippen molar-refractivity contribution in [3.8, 4) is 5.75 Å². The first-order valence-corrected chi connectivity index (χ1v) is 6.85. The van der Waals surface area contributed by atoms with Crippen molar-refractivity contribution in [3.05, 3.63) is 23.8 Å². The molecule has 5 heteroatoms. The van der Waals surface area contributed by atoms with Crippen molar-refractivity contribution in [1.82, 2.24) is 9.80 Å². The zero-order valence-electron chi connectivity index (χ0n) is 12.6. The summed E-state index contributed by atoms with van der Waals surface area (Å²) in [4.78, 5) is 16.2. The molecule has 0 radical (unpaired) electrons.